The molecule has 1 aliphatic carbocycles. The number of rotatable bonds is 3. The summed E-state index contributed by atoms with van der Waals surface area (Å²) in [5.74, 6) is 0. The van der Waals surface area contributed by atoms with Gasteiger partial charge in [0, 0.05) is 11.7 Å². The Kier molecular flexibility index (Phi) is 5.00. The first-order valence-corrected chi connectivity index (χ1v) is 7.35. The minimum Gasteiger partial charge on any atom is -0.360 e. The Bertz CT molecular complexity index is 397. The molecule has 0 radical (unpaired) electrons. The number of benzene rings is 1. The third-order valence-electron chi connectivity index (χ3n) is 3.53. The quantitative estimate of drug-likeness (QED) is 0.809. The highest BCUT2D eigenvalue weighted by atomic mass is 32.1. The molecule has 0 bridgehead atoms. The number of aryl methyl sites for hydroxylation is 1. The van der Waals surface area contributed by atoms with Crippen LogP contribution in [-0.2, 0) is 6.42 Å². The SMILES string of the molecule is CCc1cccc(NC(=S)NC2CCCCC2)c1. The van der Waals surface area contributed by atoms with E-state index in [9.17, 15) is 0 Å². The number of nitrogens with one attached hydrogen (secondary N) is 2. The van der Waals surface area contributed by atoms with Gasteiger partial charge in [0.15, 0.2) is 5.11 Å². The third-order valence-corrected chi connectivity index (χ3v) is 3.75. The van der Waals surface area contributed by atoms with Gasteiger partial charge in [-0.25, -0.2) is 0 Å². The second-order valence-electron chi connectivity index (χ2n) is 4.99. The van der Waals surface area contributed by atoms with Crippen LogP contribution in [0.4, 0.5) is 5.69 Å². The number of hydrogen-bond donors (Lipinski definition) is 2. The number of anilines is 1. The summed E-state index contributed by atoms with van der Waals surface area (Å²) in [5, 5.41) is 7.47. The topological polar surface area (TPSA) is 24.1 Å². The molecule has 2 N–H and O–H groups in total. The zero-order valence-electron chi connectivity index (χ0n) is 11.0. The van der Waals surface area contributed by atoms with Crippen LogP contribution in [0.25, 0.3) is 0 Å². The van der Waals surface area contributed by atoms with Crippen LogP contribution in [0.2, 0.25) is 0 Å². The summed E-state index contributed by atoms with van der Waals surface area (Å²) in [6, 6.07) is 9.00. The lowest BCUT2D eigenvalue weighted by Gasteiger charge is -2.24. The van der Waals surface area contributed by atoms with Crippen molar-refractivity contribution in [2.24, 2.45) is 0 Å². The van der Waals surface area contributed by atoms with E-state index in [2.05, 4.69) is 41.8 Å². The Balaban J connectivity index is 1.85. The van der Waals surface area contributed by atoms with Gasteiger partial charge in [-0.15, -0.1) is 0 Å². The summed E-state index contributed by atoms with van der Waals surface area (Å²) in [6.45, 7) is 2.16. The second kappa shape index (κ2) is 6.74. The van der Waals surface area contributed by atoms with E-state index < -0.39 is 0 Å². The van der Waals surface area contributed by atoms with Crippen molar-refractivity contribution >= 4 is 23.0 Å². The molecule has 0 atom stereocenters. The minimum atomic E-state index is 0.563. The van der Waals surface area contributed by atoms with Crippen LogP contribution in [0.3, 0.4) is 0 Å². The summed E-state index contributed by atoms with van der Waals surface area (Å²) >= 11 is 5.37. The fourth-order valence-corrected chi connectivity index (χ4v) is 2.75. The highest BCUT2D eigenvalue weighted by Crippen LogP contribution is 2.17. The first kappa shape index (κ1) is 13.3. The maximum Gasteiger partial charge on any atom is 0.170 e. The summed E-state index contributed by atoms with van der Waals surface area (Å²) in [7, 11) is 0. The van der Waals surface area contributed by atoms with Crippen LogP contribution in [0.15, 0.2) is 24.3 Å². The third kappa shape index (κ3) is 3.98. The first-order chi connectivity index (χ1) is 8.78. The van der Waals surface area contributed by atoms with E-state index in [-0.39, 0.29) is 0 Å². The molecule has 0 aromatic heterocycles. The molecule has 0 amide bonds. The molecule has 18 heavy (non-hydrogen) atoms. The zero-order valence-corrected chi connectivity index (χ0v) is 11.9. The largest absolute Gasteiger partial charge is 0.360 e. The van der Waals surface area contributed by atoms with E-state index in [0.29, 0.717) is 6.04 Å². The Morgan fingerprint density at radius 3 is 2.78 bits per heavy atom. The van der Waals surface area contributed by atoms with Gasteiger partial charge in [-0.05, 0) is 49.2 Å². The molecule has 98 valence electrons. The zero-order chi connectivity index (χ0) is 12.8. The minimum absolute atomic E-state index is 0.563. The smallest absolute Gasteiger partial charge is 0.170 e. The summed E-state index contributed by atoms with van der Waals surface area (Å²) < 4.78 is 0. The molecule has 1 saturated carbocycles. The van der Waals surface area contributed by atoms with Crippen molar-refractivity contribution in [3.8, 4) is 0 Å². The highest BCUT2D eigenvalue weighted by molar-refractivity contribution is 7.80. The van der Waals surface area contributed by atoms with Crippen LogP contribution in [0.5, 0.6) is 0 Å². The number of hydrogen-bond acceptors (Lipinski definition) is 1. The monoisotopic (exact) mass is 262 g/mol. The van der Waals surface area contributed by atoms with Crippen LogP contribution in [0.1, 0.15) is 44.6 Å². The summed E-state index contributed by atoms with van der Waals surface area (Å²) in [6.07, 6.45) is 7.57. The van der Waals surface area contributed by atoms with Gasteiger partial charge in [-0.1, -0.05) is 38.3 Å². The molecular formula is C15H22N2S. The van der Waals surface area contributed by atoms with Crippen LogP contribution < -0.4 is 10.6 Å². The summed E-state index contributed by atoms with van der Waals surface area (Å²) in [5.41, 5.74) is 2.42. The van der Waals surface area contributed by atoms with Crippen molar-refractivity contribution in [2.75, 3.05) is 5.32 Å². The molecule has 2 nitrogen and oxygen atoms in total. The number of thiocarbonyl (C=S) groups is 1. The molecule has 1 aromatic carbocycles. The Labute approximate surface area is 115 Å². The average Bonchev–Trinajstić information content (AvgIpc) is 2.40. The van der Waals surface area contributed by atoms with E-state index in [4.69, 9.17) is 12.2 Å². The van der Waals surface area contributed by atoms with Gasteiger partial charge in [0.05, 0.1) is 0 Å². The molecule has 1 fully saturated rings. The van der Waals surface area contributed by atoms with Gasteiger partial charge < -0.3 is 10.6 Å². The molecule has 3 heteroatoms. The van der Waals surface area contributed by atoms with Gasteiger partial charge in [-0.2, -0.15) is 0 Å². The highest BCUT2D eigenvalue weighted by Gasteiger charge is 2.13. The second-order valence-corrected chi connectivity index (χ2v) is 5.40. The van der Waals surface area contributed by atoms with E-state index >= 15 is 0 Å². The van der Waals surface area contributed by atoms with Crippen LogP contribution in [-0.4, -0.2) is 11.2 Å². The van der Waals surface area contributed by atoms with Crippen molar-refractivity contribution in [1.82, 2.24) is 5.32 Å². The summed E-state index contributed by atoms with van der Waals surface area (Å²) in [4.78, 5) is 0. The van der Waals surface area contributed by atoms with Crippen molar-refractivity contribution in [3.05, 3.63) is 29.8 Å². The Morgan fingerprint density at radius 1 is 1.28 bits per heavy atom. The van der Waals surface area contributed by atoms with E-state index in [1.54, 1.807) is 0 Å². The normalized spacial score (nSPS) is 16.3. The van der Waals surface area contributed by atoms with Gasteiger partial charge >= 0.3 is 0 Å². The fraction of sp³-hybridized carbons (Fsp3) is 0.533. The van der Waals surface area contributed by atoms with Gasteiger partial charge in [-0.3, -0.25) is 0 Å². The van der Waals surface area contributed by atoms with Crippen LogP contribution >= 0.6 is 12.2 Å². The Hall–Kier alpha value is -1.09. The molecule has 0 saturated heterocycles. The molecule has 0 aliphatic heterocycles. The van der Waals surface area contributed by atoms with Gasteiger partial charge in [0.25, 0.3) is 0 Å². The molecule has 2 rings (SSSR count). The molecule has 0 spiro atoms. The molecule has 0 unspecified atom stereocenters. The lowest BCUT2D eigenvalue weighted by Crippen LogP contribution is -2.38. The molecule has 1 aliphatic rings. The van der Waals surface area contributed by atoms with E-state index in [0.717, 1.165) is 17.2 Å². The van der Waals surface area contributed by atoms with Crippen molar-refractivity contribution < 1.29 is 0 Å². The van der Waals surface area contributed by atoms with E-state index in [1.165, 1.54) is 37.7 Å². The molecule has 1 aromatic rings. The Morgan fingerprint density at radius 2 is 2.06 bits per heavy atom. The van der Waals surface area contributed by atoms with Crippen molar-refractivity contribution in [3.63, 3.8) is 0 Å². The maximum absolute atomic E-state index is 5.37. The standard InChI is InChI=1S/C15H22N2S/c1-2-12-7-6-10-14(11-12)17-15(18)16-13-8-4-3-5-9-13/h6-7,10-11,13H,2-5,8-9H2,1H3,(H2,16,17,18). The average molecular weight is 262 g/mol. The van der Waals surface area contributed by atoms with E-state index in [1.807, 2.05) is 0 Å². The lowest BCUT2D eigenvalue weighted by atomic mass is 9.96. The molecule has 0 heterocycles. The first-order valence-electron chi connectivity index (χ1n) is 6.94. The fourth-order valence-electron chi connectivity index (χ4n) is 2.47. The predicted molar refractivity (Wildman–Crippen MR) is 82.0 cm³/mol. The molecular weight excluding hydrogens is 240 g/mol. The van der Waals surface area contributed by atoms with Crippen molar-refractivity contribution in [2.45, 2.75) is 51.5 Å². The van der Waals surface area contributed by atoms with Gasteiger partial charge in [0.2, 0.25) is 0 Å². The predicted octanol–water partition coefficient (Wildman–Crippen LogP) is 3.87. The van der Waals surface area contributed by atoms with Crippen LogP contribution in [0, 0.1) is 0 Å². The van der Waals surface area contributed by atoms with Gasteiger partial charge in [0.1, 0.15) is 0 Å². The lowest BCUT2D eigenvalue weighted by molar-refractivity contribution is 0.415. The maximum atomic E-state index is 5.37. The van der Waals surface area contributed by atoms with Crippen molar-refractivity contribution in [1.29, 1.82) is 0 Å².